The number of amidine groups is 1. The number of nitrogens with one attached hydrogen (secondary N) is 2. The lowest BCUT2D eigenvalue weighted by Gasteiger charge is -2.35. The molecule has 5 N–H and O–H groups in total. The van der Waals surface area contributed by atoms with Gasteiger partial charge in [0.2, 0.25) is 5.91 Å². The van der Waals surface area contributed by atoms with E-state index in [4.69, 9.17) is 10.9 Å². The van der Waals surface area contributed by atoms with Crippen LogP contribution in [0.1, 0.15) is 50.9 Å². The van der Waals surface area contributed by atoms with Crippen molar-refractivity contribution in [3.8, 4) is 0 Å². The van der Waals surface area contributed by atoms with E-state index < -0.39 is 5.41 Å². The van der Waals surface area contributed by atoms with Crippen LogP contribution in [-0.4, -0.2) is 26.9 Å². The number of oxime groups is 1. The number of aromatic nitrogens is 2. The highest BCUT2D eigenvalue weighted by Gasteiger charge is 2.44. The van der Waals surface area contributed by atoms with Crippen LogP contribution in [0.25, 0.3) is 0 Å². The molecule has 1 saturated carbocycles. The minimum Gasteiger partial charge on any atom is -0.409 e. The number of rotatable bonds is 4. The van der Waals surface area contributed by atoms with Gasteiger partial charge in [-0.25, -0.2) is 4.98 Å². The first-order chi connectivity index (χ1) is 9.60. The molecule has 1 atom stereocenters. The minimum atomic E-state index is -0.895. The van der Waals surface area contributed by atoms with E-state index in [-0.39, 0.29) is 17.8 Å². The highest BCUT2D eigenvalue weighted by Crippen LogP contribution is 2.37. The van der Waals surface area contributed by atoms with E-state index in [2.05, 4.69) is 20.4 Å². The van der Waals surface area contributed by atoms with Gasteiger partial charge in [0.25, 0.3) is 0 Å². The van der Waals surface area contributed by atoms with Crippen molar-refractivity contribution in [1.82, 2.24) is 15.3 Å². The minimum absolute atomic E-state index is 0.00125. The van der Waals surface area contributed by atoms with Crippen molar-refractivity contribution in [3.05, 3.63) is 18.2 Å². The van der Waals surface area contributed by atoms with Crippen LogP contribution in [-0.2, 0) is 4.79 Å². The molecular formula is C13H21N5O2. The number of nitrogens with two attached hydrogens (primary N) is 1. The average molecular weight is 279 g/mol. The summed E-state index contributed by atoms with van der Waals surface area (Å²) in [5.41, 5.74) is 4.90. The van der Waals surface area contributed by atoms with E-state index in [1.807, 2.05) is 6.92 Å². The van der Waals surface area contributed by atoms with E-state index in [0.717, 1.165) is 19.3 Å². The van der Waals surface area contributed by atoms with Crippen molar-refractivity contribution in [2.24, 2.45) is 16.3 Å². The second kappa shape index (κ2) is 5.94. The van der Waals surface area contributed by atoms with Gasteiger partial charge in [0, 0.05) is 12.4 Å². The van der Waals surface area contributed by atoms with Gasteiger partial charge in [-0.3, -0.25) is 4.79 Å². The number of carbonyl (C=O) groups excluding carboxylic acids is 1. The number of imidazole rings is 1. The van der Waals surface area contributed by atoms with Crippen LogP contribution in [0.5, 0.6) is 0 Å². The Morgan fingerprint density at radius 1 is 1.55 bits per heavy atom. The van der Waals surface area contributed by atoms with Crippen molar-refractivity contribution >= 4 is 11.7 Å². The summed E-state index contributed by atoms with van der Waals surface area (Å²) in [7, 11) is 0. The Kier molecular flexibility index (Phi) is 4.26. The van der Waals surface area contributed by atoms with Crippen LogP contribution in [0.15, 0.2) is 17.5 Å². The van der Waals surface area contributed by atoms with Crippen LogP contribution >= 0.6 is 0 Å². The normalized spacial score (nSPS) is 20.4. The molecule has 0 aromatic carbocycles. The van der Waals surface area contributed by atoms with Gasteiger partial charge in [0.1, 0.15) is 11.2 Å². The molecular weight excluding hydrogens is 258 g/mol. The Bertz CT molecular complexity index is 477. The summed E-state index contributed by atoms with van der Waals surface area (Å²) >= 11 is 0. The third-order valence-corrected chi connectivity index (χ3v) is 4.02. The van der Waals surface area contributed by atoms with Crippen LogP contribution < -0.4 is 11.1 Å². The summed E-state index contributed by atoms with van der Waals surface area (Å²) in [4.78, 5) is 19.7. The molecule has 20 heavy (non-hydrogen) atoms. The second-order valence-electron chi connectivity index (χ2n) is 5.30. The Balaban J connectivity index is 2.15. The van der Waals surface area contributed by atoms with Crippen molar-refractivity contribution in [2.45, 2.75) is 45.1 Å². The lowest BCUT2D eigenvalue weighted by atomic mass is 9.72. The standard InChI is InChI=1S/C13H21N5O2/c1-9(10-15-7-8-16-10)17-12(19)13(11(14)18-20)5-3-2-4-6-13/h7-9,20H,2-6H2,1H3,(H2,14,18)(H,15,16)(H,17,19). The van der Waals surface area contributed by atoms with Crippen LogP contribution in [0.2, 0.25) is 0 Å². The first-order valence-corrected chi connectivity index (χ1v) is 6.88. The Morgan fingerprint density at radius 2 is 2.25 bits per heavy atom. The summed E-state index contributed by atoms with van der Waals surface area (Å²) in [6, 6.07) is -0.247. The van der Waals surface area contributed by atoms with Crippen molar-refractivity contribution < 1.29 is 10.0 Å². The molecule has 1 aliphatic carbocycles. The molecule has 7 heteroatoms. The fraction of sp³-hybridized carbons (Fsp3) is 0.615. The molecule has 1 fully saturated rings. The molecule has 0 radical (unpaired) electrons. The zero-order chi connectivity index (χ0) is 14.6. The highest BCUT2D eigenvalue weighted by atomic mass is 16.4. The van der Waals surface area contributed by atoms with Gasteiger partial charge in [0.15, 0.2) is 5.84 Å². The number of amides is 1. The predicted octanol–water partition coefficient (Wildman–Crippen LogP) is 1.28. The number of carbonyl (C=O) groups is 1. The molecule has 1 heterocycles. The maximum atomic E-state index is 12.6. The Labute approximate surface area is 117 Å². The molecule has 1 aliphatic rings. The summed E-state index contributed by atoms with van der Waals surface area (Å²) < 4.78 is 0. The summed E-state index contributed by atoms with van der Waals surface area (Å²) in [5.74, 6) is 0.488. The zero-order valence-corrected chi connectivity index (χ0v) is 11.6. The summed E-state index contributed by atoms with van der Waals surface area (Å²) in [5, 5.41) is 15.0. The Morgan fingerprint density at radius 3 is 2.80 bits per heavy atom. The number of H-pyrrole nitrogens is 1. The second-order valence-corrected chi connectivity index (χ2v) is 5.30. The molecule has 1 amide bonds. The largest absolute Gasteiger partial charge is 0.409 e. The molecule has 1 aromatic heterocycles. The predicted molar refractivity (Wildman–Crippen MR) is 74.1 cm³/mol. The lowest BCUT2D eigenvalue weighted by molar-refractivity contribution is -0.129. The first-order valence-electron chi connectivity index (χ1n) is 6.88. The van der Waals surface area contributed by atoms with Gasteiger partial charge >= 0.3 is 0 Å². The van der Waals surface area contributed by atoms with Crippen LogP contribution in [0.4, 0.5) is 0 Å². The van der Waals surface area contributed by atoms with Crippen molar-refractivity contribution in [3.63, 3.8) is 0 Å². The van der Waals surface area contributed by atoms with E-state index in [1.54, 1.807) is 12.4 Å². The molecule has 1 aromatic rings. The van der Waals surface area contributed by atoms with E-state index >= 15 is 0 Å². The molecule has 7 nitrogen and oxygen atoms in total. The number of hydrogen-bond donors (Lipinski definition) is 4. The maximum Gasteiger partial charge on any atom is 0.234 e. The summed E-state index contributed by atoms with van der Waals surface area (Å²) in [6.07, 6.45) is 7.44. The van der Waals surface area contributed by atoms with Crippen molar-refractivity contribution in [1.29, 1.82) is 0 Å². The van der Waals surface area contributed by atoms with E-state index in [9.17, 15) is 4.79 Å². The molecule has 1 unspecified atom stereocenters. The van der Waals surface area contributed by atoms with Gasteiger partial charge in [-0.2, -0.15) is 0 Å². The van der Waals surface area contributed by atoms with E-state index in [1.165, 1.54) is 0 Å². The number of hydrogen-bond acceptors (Lipinski definition) is 4. The first kappa shape index (κ1) is 14.4. The third-order valence-electron chi connectivity index (χ3n) is 4.02. The SMILES string of the molecule is CC(NC(=O)C1(/C(N)=N/O)CCCCC1)c1ncc[nH]1. The number of aromatic amines is 1. The Hall–Kier alpha value is -2.05. The van der Waals surface area contributed by atoms with Crippen LogP contribution in [0, 0.1) is 5.41 Å². The maximum absolute atomic E-state index is 12.6. The van der Waals surface area contributed by atoms with Gasteiger partial charge in [-0.05, 0) is 19.8 Å². The summed E-state index contributed by atoms with van der Waals surface area (Å²) in [6.45, 7) is 1.85. The lowest BCUT2D eigenvalue weighted by Crippen LogP contribution is -2.51. The molecule has 110 valence electrons. The highest BCUT2D eigenvalue weighted by molar-refractivity contribution is 6.06. The topological polar surface area (TPSA) is 116 Å². The van der Waals surface area contributed by atoms with Gasteiger partial charge in [0.05, 0.1) is 6.04 Å². The average Bonchev–Trinajstić information content (AvgIpc) is 3.01. The molecule has 0 spiro atoms. The van der Waals surface area contributed by atoms with Crippen LogP contribution in [0.3, 0.4) is 0 Å². The quantitative estimate of drug-likeness (QED) is 0.287. The smallest absolute Gasteiger partial charge is 0.234 e. The molecule has 2 rings (SSSR count). The number of nitrogens with zero attached hydrogens (tertiary/aromatic N) is 2. The fourth-order valence-corrected chi connectivity index (χ4v) is 2.77. The van der Waals surface area contributed by atoms with Gasteiger partial charge < -0.3 is 21.2 Å². The molecule has 0 bridgehead atoms. The van der Waals surface area contributed by atoms with Gasteiger partial charge in [-0.15, -0.1) is 0 Å². The zero-order valence-electron chi connectivity index (χ0n) is 11.6. The monoisotopic (exact) mass is 279 g/mol. The molecule has 0 aliphatic heterocycles. The van der Waals surface area contributed by atoms with Crippen molar-refractivity contribution in [2.75, 3.05) is 0 Å². The third kappa shape index (κ3) is 2.61. The fourth-order valence-electron chi connectivity index (χ4n) is 2.77. The van der Waals surface area contributed by atoms with Gasteiger partial charge in [-0.1, -0.05) is 24.4 Å². The van der Waals surface area contributed by atoms with E-state index in [0.29, 0.717) is 18.7 Å². The molecule has 0 saturated heterocycles.